The lowest BCUT2D eigenvalue weighted by molar-refractivity contribution is 0.365. The molecule has 6 heteroatoms. The minimum atomic E-state index is 0.304. The zero-order valence-electron chi connectivity index (χ0n) is 15.3. The number of hydrogen-bond acceptors (Lipinski definition) is 4. The molecule has 0 aromatic carbocycles. The normalized spacial score (nSPS) is 12.9. The van der Waals surface area contributed by atoms with E-state index >= 15 is 0 Å². The maximum atomic E-state index is 5.52. The van der Waals surface area contributed by atoms with Gasteiger partial charge in [0.15, 0.2) is 0 Å². The van der Waals surface area contributed by atoms with Crippen LogP contribution in [0.25, 0.3) is 0 Å². The van der Waals surface area contributed by atoms with Gasteiger partial charge in [0.25, 0.3) is 0 Å². The van der Waals surface area contributed by atoms with Gasteiger partial charge in [-0.1, -0.05) is 13.8 Å². The summed E-state index contributed by atoms with van der Waals surface area (Å²) in [5, 5.41) is 12.7. The van der Waals surface area contributed by atoms with Crippen molar-refractivity contribution in [1.82, 2.24) is 24.9 Å². The quantitative estimate of drug-likeness (QED) is 0.852. The van der Waals surface area contributed by atoms with E-state index in [1.807, 2.05) is 18.7 Å². The molecular weight excluding hydrogens is 290 g/mol. The number of ether oxygens (including phenoxy) is 1. The van der Waals surface area contributed by atoms with Gasteiger partial charge < -0.3 is 10.1 Å². The fraction of sp³-hybridized carbons (Fsp3) is 0.647. The first-order valence-electron chi connectivity index (χ1n) is 8.17. The van der Waals surface area contributed by atoms with E-state index in [9.17, 15) is 0 Å². The van der Waals surface area contributed by atoms with Gasteiger partial charge in [0.1, 0.15) is 0 Å². The van der Waals surface area contributed by atoms with Crippen LogP contribution in [0.1, 0.15) is 49.3 Å². The molecule has 0 radical (unpaired) electrons. The average Bonchev–Trinajstić information content (AvgIpc) is 2.95. The van der Waals surface area contributed by atoms with Crippen molar-refractivity contribution < 1.29 is 4.74 Å². The van der Waals surface area contributed by atoms with E-state index in [2.05, 4.69) is 54.0 Å². The molecule has 0 fully saturated rings. The molecule has 0 aliphatic carbocycles. The van der Waals surface area contributed by atoms with Crippen molar-refractivity contribution >= 4 is 0 Å². The standard InChI is InChI=1S/C17H29N5O/c1-11(2)16-15(17(23-7)21(6)20-16)9-18-13(4)10-22-14(5)8-12(3)19-22/h8,11,13,18H,9-10H2,1-7H3/t13-/m1/s1. The molecule has 2 rings (SSSR count). The molecular formula is C17H29N5O. The van der Waals surface area contributed by atoms with E-state index < -0.39 is 0 Å². The molecule has 0 aliphatic rings. The topological polar surface area (TPSA) is 56.9 Å². The van der Waals surface area contributed by atoms with Gasteiger partial charge in [0.05, 0.1) is 30.6 Å². The average molecular weight is 319 g/mol. The predicted octanol–water partition coefficient (Wildman–Crippen LogP) is 2.54. The van der Waals surface area contributed by atoms with E-state index in [-0.39, 0.29) is 0 Å². The summed E-state index contributed by atoms with van der Waals surface area (Å²) in [5.41, 5.74) is 4.49. The van der Waals surface area contributed by atoms with Gasteiger partial charge >= 0.3 is 0 Å². The number of rotatable bonds is 7. The van der Waals surface area contributed by atoms with Crippen LogP contribution in [0.15, 0.2) is 6.07 Å². The molecule has 6 nitrogen and oxygen atoms in total. The highest BCUT2D eigenvalue weighted by molar-refractivity contribution is 5.33. The summed E-state index contributed by atoms with van der Waals surface area (Å²) in [5.74, 6) is 1.20. The Morgan fingerprint density at radius 2 is 1.91 bits per heavy atom. The molecule has 1 N–H and O–H groups in total. The molecule has 0 amide bonds. The van der Waals surface area contributed by atoms with Gasteiger partial charge in [-0.3, -0.25) is 4.68 Å². The van der Waals surface area contributed by atoms with Gasteiger partial charge in [0.2, 0.25) is 5.88 Å². The monoisotopic (exact) mass is 319 g/mol. The van der Waals surface area contributed by atoms with Gasteiger partial charge in [0, 0.05) is 25.3 Å². The van der Waals surface area contributed by atoms with Crippen LogP contribution in [0.4, 0.5) is 0 Å². The van der Waals surface area contributed by atoms with Gasteiger partial charge in [-0.15, -0.1) is 0 Å². The molecule has 0 saturated carbocycles. The van der Waals surface area contributed by atoms with E-state index in [1.54, 1.807) is 7.11 Å². The van der Waals surface area contributed by atoms with E-state index in [0.29, 0.717) is 12.0 Å². The minimum Gasteiger partial charge on any atom is -0.481 e. The summed E-state index contributed by atoms with van der Waals surface area (Å²) in [4.78, 5) is 0. The molecule has 1 atom stereocenters. The minimum absolute atomic E-state index is 0.304. The smallest absolute Gasteiger partial charge is 0.216 e. The van der Waals surface area contributed by atoms with Crippen LogP contribution < -0.4 is 10.1 Å². The lowest BCUT2D eigenvalue weighted by Gasteiger charge is -2.16. The zero-order valence-corrected chi connectivity index (χ0v) is 15.3. The third kappa shape index (κ3) is 3.93. The molecule has 2 aromatic heterocycles. The fourth-order valence-corrected chi connectivity index (χ4v) is 2.92. The molecule has 0 saturated heterocycles. The second-order valence-corrected chi connectivity index (χ2v) is 6.54. The summed E-state index contributed by atoms with van der Waals surface area (Å²) in [6.45, 7) is 12.2. The Hall–Kier alpha value is -1.82. The maximum absolute atomic E-state index is 5.52. The molecule has 2 aromatic rings. The van der Waals surface area contributed by atoms with Crippen LogP contribution in [-0.4, -0.2) is 32.7 Å². The Morgan fingerprint density at radius 1 is 1.22 bits per heavy atom. The van der Waals surface area contributed by atoms with Gasteiger partial charge in [-0.2, -0.15) is 10.2 Å². The van der Waals surface area contributed by atoms with E-state index in [1.165, 1.54) is 5.69 Å². The highest BCUT2D eigenvalue weighted by atomic mass is 16.5. The van der Waals surface area contributed by atoms with Crippen molar-refractivity contribution in [2.75, 3.05) is 7.11 Å². The molecule has 0 bridgehead atoms. The van der Waals surface area contributed by atoms with E-state index in [0.717, 1.165) is 35.9 Å². The number of methoxy groups -OCH3 is 1. The highest BCUT2D eigenvalue weighted by Crippen LogP contribution is 2.26. The third-order valence-electron chi connectivity index (χ3n) is 4.04. The summed E-state index contributed by atoms with van der Waals surface area (Å²) < 4.78 is 9.39. The van der Waals surface area contributed by atoms with Crippen molar-refractivity contribution in [2.45, 2.75) is 59.7 Å². The molecule has 2 heterocycles. The van der Waals surface area contributed by atoms with Crippen LogP contribution in [0, 0.1) is 13.8 Å². The van der Waals surface area contributed by atoms with Crippen LogP contribution in [0.3, 0.4) is 0 Å². The van der Waals surface area contributed by atoms with Crippen LogP contribution >= 0.6 is 0 Å². The van der Waals surface area contributed by atoms with Crippen molar-refractivity contribution in [3.05, 3.63) is 28.7 Å². The maximum Gasteiger partial charge on any atom is 0.216 e. The fourth-order valence-electron chi connectivity index (χ4n) is 2.92. The Balaban J connectivity index is 2.06. The SMILES string of the molecule is COc1c(CN[C@H](C)Cn2nc(C)cc2C)c(C(C)C)nn1C. The Labute approximate surface area is 138 Å². The Bertz CT molecular complexity index is 656. The van der Waals surface area contributed by atoms with Crippen molar-refractivity contribution in [1.29, 1.82) is 0 Å². The summed E-state index contributed by atoms with van der Waals surface area (Å²) in [6.07, 6.45) is 0. The van der Waals surface area contributed by atoms with Crippen molar-refractivity contribution in [2.24, 2.45) is 7.05 Å². The van der Waals surface area contributed by atoms with Gasteiger partial charge in [-0.05, 0) is 32.8 Å². The first kappa shape index (κ1) is 17.5. The lowest BCUT2D eigenvalue weighted by Crippen LogP contribution is -2.31. The summed E-state index contributed by atoms with van der Waals surface area (Å²) in [7, 11) is 3.62. The molecule has 0 aliphatic heterocycles. The molecule has 0 spiro atoms. The van der Waals surface area contributed by atoms with Crippen molar-refractivity contribution in [3.63, 3.8) is 0 Å². The summed E-state index contributed by atoms with van der Waals surface area (Å²) >= 11 is 0. The first-order chi connectivity index (χ1) is 10.8. The largest absolute Gasteiger partial charge is 0.481 e. The lowest BCUT2D eigenvalue weighted by atomic mass is 10.1. The van der Waals surface area contributed by atoms with Gasteiger partial charge in [-0.25, -0.2) is 4.68 Å². The zero-order chi connectivity index (χ0) is 17.1. The summed E-state index contributed by atoms with van der Waals surface area (Å²) in [6, 6.07) is 2.41. The second-order valence-electron chi connectivity index (χ2n) is 6.54. The number of nitrogens with one attached hydrogen (secondary N) is 1. The third-order valence-corrected chi connectivity index (χ3v) is 4.04. The number of nitrogens with zero attached hydrogens (tertiary/aromatic N) is 4. The number of aryl methyl sites for hydroxylation is 3. The number of hydrogen-bond donors (Lipinski definition) is 1. The molecule has 23 heavy (non-hydrogen) atoms. The molecule has 0 unspecified atom stereocenters. The molecule has 128 valence electrons. The first-order valence-corrected chi connectivity index (χ1v) is 8.17. The van der Waals surface area contributed by atoms with Crippen LogP contribution in [-0.2, 0) is 20.1 Å². The van der Waals surface area contributed by atoms with E-state index in [4.69, 9.17) is 4.74 Å². The predicted molar refractivity (Wildman–Crippen MR) is 91.9 cm³/mol. The highest BCUT2D eigenvalue weighted by Gasteiger charge is 2.19. The number of aromatic nitrogens is 4. The Kier molecular flexibility index (Phi) is 5.46. The Morgan fingerprint density at radius 3 is 2.43 bits per heavy atom. The second kappa shape index (κ2) is 7.17. The van der Waals surface area contributed by atoms with Crippen LogP contribution in [0.2, 0.25) is 0 Å². The van der Waals surface area contributed by atoms with Crippen molar-refractivity contribution in [3.8, 4) is 5.88 Å². The van der Waals surface area contributed by atoms with Crippen LogP contribution in [0.5, 0.6) is 5.88 Å².